The van der Waals surface area contributed by atoms with E-state index in [-0.39, 0.29) is 29.5 Å². The Morgan fingerprint density at radius 3 is 2.52 bits per heavy atom. The fraction of sp³-hybridized carbons (Fsp3) is 0.276. The van der Waals surface area contributed by atoms with Gasteiger partial charge >= 0.3 is 12.3 Å². The second kappa shape index (κ2) is 11.7. The number of alkyl halides is 3. The van der Waals surface area contributed by atoms with Crippen LogP contribution < -0.4 is 14.4 Å². The van der Waals surface area contributed by atoms with Crippen LogP contribution in [0.25, 0.3) is 5.69 Å². The summed E-state index contributed by atoms with van der Waals surface area (Å²) in [5, 5.41) is 13.6. The third kappa shape index (κ3) is 6.71. The first kappa shape index (κ1) is 28.5. The molecule has 0 saturated heterocycles. The molecule has 2 aromatic heterocycles. The molecule has 11 heteroatoms. The molecule has 0 unspecified atom stereocenters. The van der Waals surface area contributed by atoms with Crippen LogP contribution in [-0.4, -0.2) is 39.3 Å². The topological polar surface area (TPSA) is 89.7 Å². The number of aryl methyl sites for hydroxylation is 1. The number of carboxylic acids is 1. The van der Waals surface area contributed by atoms with Crippen LogP contribution in [0.2, 0.25) is 0 Å². The van der Waals surface area contributed by atoms with E-state index in [4.69, 9.17) is 4.74 Å². The van der Waals surface area contributed by atoms with Gasteiger partial charge in [0.1, 0.15) is 12.3 Å². The standard InChI is InChI=1S/C29H29F3N4O4/c1-18(2)22-15-33-36(24-10-5-6-11-26(24)40-29(30,31)32)25(22)17-39-27-13-12-23(19(3)34-27)35(4)16-20-8-7-9-21(14-20)28(37)38/h5-15,18H,16-17H2,1-4H3,(H,37,38). The summed E-state index contributed by atoms with van der Waals surface area (Å²) in [4.78, 5) is 17.8. The Morgan fingerprint density at radius 2 is 1.85 bits per heavy atom. The van der Waals surface area contributed by atoms with E-state index in [0.717, 1.165) is 16.8 Å². The zero-order valence-electron chi connectivity index (χ0n) is 22.4. The van der Waals surface area contributed by atoms with Crippen molar-refractivity contribution in [3.63, 3.8) is 0 Å². The molecule has 0 amide bonds. The van der Waals surface area contributed by atoms with Crippen LogP contribution in [0.3, 0.4) is 0 Å². The van der Waals surface area contributed by atoms with Gasteiger partial charge < -0.3 is 19.5 Å². The molecule has 8 nitrogen and oxygen atoms in total. The minimum absolute atomic E-state index is 0.0114. The van der Waals surface area contributed by atoms with Crippen molar-refractivity contribution < 1.29 is 32.5 Å². The molecule has 0 radical (unpaired) electrons. The van der Waals surface area contributed by atoms with Gasteiger partial charge in [0.25, 0.3) is 0 Å². The zero-order valence-corrected chi connectivity index (χ0v) is 22.4. The predicted octanol–water partition coefficient (Wildman–Crippen LogP) is 6.51. The smallest absolute Gasteiger partial charge is 0.478 e. The maximum atomic E-state index is 13.0. The minimum Gasteiger partial charge on any atom is -0.478 e. The van der Waals surface area contributed by atoms with E-state index in [9.17, 15) is 23.1 Å². The first-order valence-electron chi connectivity index (χ1n) is 12.5. The number of benzene rings is 2. The monoisotopic (exact) mass is 554 g/mol. The average Bonchev–Trinajstić information content (AvgIpc) is 3.31. The van der Waals surface area contributed by atoms with Gasteiger partial charge in [0.15, 0.2) is 5.75 Å². The summed E-state index contributed by atoms with van der Waals surface area (Å²) in [6.45, 7) is 6.24. The van der Waals surface area contributed by atoms with Crippen molar-refractivity contribution in [1.82, 2.24) is 14.8 Å². The SMILES string of the molecule is Cc1nc(OCc2c(C(C)C)cnn2-c2ccccc2OC(F)(F)F)ccc1N(C)Cc1cccc(C(=O)O)c1. The predicted molar refractivity (Wildman–Crippen MR) is 143 cm³/mol. The summed E-state index contributed by atoms with van der Waals surface area (Å²) < 4.78 is 50.7. The Bertz CT molecular complexity index is 1500. The fourth-order valence-electron chi connectivity index (χ4n) is 4.38. The van der Waals surface area contributed by atoms with E-state index in [1.807, 2.05) is 44.9 Å². The van der Waals surface area contributed by atoms with Crippen LogP contribution in [0, 0.1) is 6.92 Å². The fourth-order valence-corrected chi connectivity index (χ4v) is 4.38. The van der Waals surface area contributed by atoms with Crippen LogP contribution in [0.1, 0.15) is 52.6 Å². The lowest BCUT2D eigenvalue weighted by atomic mass is 10.0. The molecule has 0 saturated carbocycles. The first-order chi connectivity index (χ1) is 18.9. The summed E-state index contributed by atoms with van der Waals surface area (Å²) in [6.07, 6.45) is -3.24. The number of hydrogen-bond donors (Lipinski definition) is 1. The van der Waals surface area contributed by atoms with Gasteiger partial charge in [0.05, 0.1) is 28.8 Å². The van der Waals surface area contributed by atoms with Gasteiger partial charge in [-0.1, -0.05) is 38.1 Å². The molecule has 0 aliphatic carbocycles. The van der Waals surface area contributed by atoms with Crippen LogP contribution in [0.15, 0.2) is 66.9 Å². The number of ether oxygens (including phenoxy) is 2. The van der Waals surface area contributed by atoms with E-state index >= 15 is 0 Å². The Morgan fingerprint density at radius 1 is 1.10 bits per heavy atom. The summed E-state index contributed by atoms with van der Waals surface area (Å²) in [6, 6.07) is 16.1. The lowest BCUT2D eigenvalue weighted by Gasteiger charge is -2.22. The summed E-state index contributed by atoms with van der Waals surface area (Å²) in [5.74, 6) is -0.981. The van der Waals surface area contributed by atoms with Gasteiger partial charge in [0.2, 0.25) is 5.88 Å². The van der Waals surface area contributed by atoms with Crippen molar-refractivity contribution in [2.24, 2.45) is 0 Å². The molecule has 0 atom stereocenters. The highest BCUT2D eigenvalue weighted by atomic mass is 19.4. The molecule has 0 bridgehead atoms. The van der Waals surface area contributed by atoms with Crippen molar-refractivity contribution in [2.45, 2.75) is 46.2 Å². The molecule has 0 aliphatic heterocycles. The maximum Gasteiger partial charge on any atom is 0.573 e. The molecule has 40 heavy (non-hydrogen) atoms. The van der Waals surface area contributed by atoms with Gasteiger partial charge in [-0.15, -0.1) is 13.2 Å². The molecular formula is C29H29F3N4O4. The average molecular weight is 555 g/mol. The first-order valence-corrected chi connectivity index (χ1v) is 12.5. The number of rotatable bonds is 10. The quantitative estimate of drug-likeness (QED) is 0.239. The van der Waals surface area contributed by atoms with Crippen LogP contribution in [0.5, 0.6) is 11.6 Å². The molecule has 2 heterocycles. The summed E-state index contributed by atoms with van der Waals surface area (Å²) >= 11 is 0. The van der Waals surface area contributed by atoms with E-state index in [2.05, 4.69) is 14.8 Å². The van der Waals surface area contributed by atoms with Gasteiger partial charge in [-0.25, -0.2) is 14.5 Å². The van der Waals surface area contributed by atoms with Gasteiger partial charge in [0, 0.05) is 19.7 Å². The minimum atomic E-state index is -4.85. The maximum absolute atomic E-state index is 13.0. The highest BCUT2D eigenvalue weighted by Crippen LogP contribution is 2.32. The Kier molecular flexibility index (Phi) is 8.32. The highest BCUT2D eigenvalue weighted by molar-refractivity contribution is 5.87. The Labute approximate surface area is 229 Å². The highest BCUT2D eigenvalue weighted by Gasteiger charge is 2.33. The van der Waals surface area contributed by atoms with Gasteiger partial charge in [-0.05, 0) is 54.3 Å². The van der Waals surface area contributed by atoms with E-state index < -0.39 is 12.3 Å². The molecule has 0 spiro atoms. The number of aromatic carboxylic acids is 1. The van der Waals surface area contributed by atoms with Crippen LogP contribution >= 0.6 is 0 Å². The largest absolute Gasteiger partial charge is 0.573 e. The molecule has 0 aliphatic rings. The van der Waals surface area contributed by atoms with Crippen LogP contribution in [-0.2, 0) is 13.2 Å². The second-order valence-electron chi connectivity index (χ2n) is 9.53. The van der Waals surface area contributed by atoms with E-state index in [1.165, 1.54) is 22.9 Å². The lowest BCUT2D eigenvalue weighted by molar-refractivity contribution is -0.274. The normalized spacial score (nSPS) is 11.5. The number of para-hydroxylation sites is 2. The number of anilines is 1. The Hall–Kier alpha value is -4.54. The number of aromatic nitrogens is 3. The Balaban J connectivity index is 1.55. The molecule has 2 aromatic carbocycles. The molecule has 0 fully saturated rings. The van der Waals surface area contributed by atoms with Crippen molar-refractivity contribution in [1.29, 1.82) is 0 Å². The third-order valence-corrected chi connectivity index (χ3v) is 6.24. The zero-order chi connectivity index (χ0) is 29.0. The van der Waals surface area contributed by atoms with Crippen LogP contribution in [0.4, 0.5) is 18.9 Å². The van der Waals surface area contributed by atoms with Crippen molar-refractivity contribution in [3.8, 4) is 17.3 Å². The number of carbonyl (C=O) groups is 1. The molecule has 1 N–H and O–H groups in total. The number of nitrogens with zero attached hydrogens (tertiary/aromatic N) is 4. The molecule has 210 valence electrons. The second-order valence-corrected chi connectivity index (χ2v) is 9.53. The molecule has 4 aromatic rings. The van der Waals surface area contributed by atoms with E-state index in [0.29, 0.717) is 23.8 Å². The summed E-state index contributed by atoms with van der Waals surface area (Å²) in [7, 11) is 1.88. The third-order valence-electron chi connectivity index (χ3n) is 6.24. The lowest BCUT2D eigenvalue weighted by Crippen LogP contribution is -2.19. The number of carboxylic acid groups (broad SMARTS) is 1. The number of halogens is 3. The number of pyridine rings is 1. The number of hydrogen-bond acceptors (Lipinski definition) is 6. The van der Waals surface area contributed by atoms with Crippen molar-refractivity contribution in [3.05, 3.63) is 94.9 Å². The van der Waals surface area contributed by atoms with Crippen molar-refractivity contribution >= 4 is 11.7 Å². The summed E-state index contributed by atoms with van der Waals surface area (Å²) in [5.41, 5.74) is 4.11. The van der Waals surface area contributed by atoms with Gasteiger partial charge in [-0.2, -0.15) is 5.10 Å². The molecular weight excluding hydrogens is 525 g/mol. The van der Waals surface area contributed by atoms with Crippen molar-refractivity contribution in [2.75, 3.05) is 11.9 Å². The molecule has 4 rings (SSSR count). The van der Waals surface area contributed by atoms with Gasteiger partial charge in [-0.3, -0.25) is 0 Å². The van der Waals surface area contributed by atoms with E-state index in [1.54, 1.807) is 36.5 Å².